The molecule has 1 aliphatic rings. The van der Waals surface area contributed by atoms with Crippen LogP contribution < -0.4 is 10.6 Å². The van der Waals surface area contributed by atoms with Gasteiger partial charge in [0.2, 0.25) is 5.82 Å². The Morgan fingerprint density at radius 2 is 2.41 bits per heavy atom. The number of amides is 1. The topological polar surface area (TPSA) is 82.7 Å². The maximum atomic E-state index is 11.7. The number of nitrogens with zero attached hydrogens (tertiary/aromatic N) is 2. The van der Waals surface area contributed by atoms with Crippen molar-refractivity contribution in [3.05, 3.63) is 11.6 Å². The molecule has 1 aliphatic heterocycles. The summed E-state index contributed by atoms with van der Waals surface area (Å²) in [6.07, 6.45) is 4.33. The lowest BCUT2D eigenvalue weighted by atomic mass is 10.1. The molecule has 0 radical (unpaired) electrons. The SMILES string of the molecule is CCc1nc(C(=O)NCC2CCCCN2)n[nH]1. The Balaban J connectivity index is 1.80. The lowest BCUT2D eigenvalue weighted by molar-refractivity contribution is 0.0937. The van der Waals surface area contributed by atoms with E-state index in [1.807, 2.05) is 6.92 Å². The summed E-state index contributed by atoms with van der Waals surface area (Å²) < 4.78 is 0. The maximum absolute atomic E-state index is 11.7. The van der Waals surface area contributed by atoms with Gasteiger partial charge in [-0.05, 0) is 19.4 Å². The highest BCUT2D eigenvalue weighted by atomic mass is 16.2. The number of hydrogen-bond acceptors (Lipinski definition) is 4. The second-order valence-electron chi connectivity index (χ2n) is 4.32. The zero-order valence-electron chi connectivity index (χ0n) is 10.1. The van der Waals surface area contributed by atoms with Gasteiger partial charge in [-0.1, -0.05) is 13.3 Å². The van der Waals surface area contributed by atoms with Crippen molar-refractivity contribution in [1.29, 1.82) is 0 Å². The molecule has 0 saturated carbocycles. The van der Waals surface area contributed by atoms with Crippen molar-refractivity contribution < 1.29 is 4.79 Å². The zero-order chi connectivity index (χ0) is 12.1. The summed E-state index contributed by atoms with van der Waals surface area (Å²) in [5, 5.41) is 12.9. The van der Waals surface area contributed by atoms with E-state index < -0.39 is 0 Å². The molecular formula is C11H19N5O. The number of H-pyrrole nitrogens is 1. The number of aryl methyl sites for hydroxylation is 1. The molecule has 0 aliphatic carbocycles. The molecule has 1 atom stereocenters. The third-order valence-corrected chi connectivity index (χ3v) is 2.99. The van der Waals surface area contributed by atoms with E-state index in [2.05, 4.69) is 25.8 Å². The van der Waals surface area contributed by atoms with Crippen molar-refractivity contribution in [2.24, 2.45) is 0 Å². The Labute approximate surface area is 101 Å². The zero-order valence-corrected chi connectivity index (χ0v) is 10.1. The van der Waals surface area contributed by atoms with Crippen molar-refractivity contribution in [3.63, 3.8) is 0 Å². The van der Waals surface area contributed by atoms with Crippen LogP contribution in [0.15, 0.2) is 0 Å². The van der Waals surface area contributed by atoms with Gasteiger partial charge in [-0.3, -0.25) is 9.89 Å². The van der Waals surface area contributed by atoms with Gasteiger partial charge in [0, 0.05) is 19.0 Å². The summed E-state index contributed by atoms with van der Waals surface area (Å²) in [7, 11) is 0. The number of hydrogen-bond donors (Lipinski definition) is 3. The summed E-state index contributed by atoms with van der Waals surface area (Å²) in [4.78, 5) is 15.8. The first-order chi connectivity index (χ1) is 8.29. The van der Waals surface area contributed by atoms with E-state index >= 15 is 0 Å². The second-order valence-corrected chi connectivity index (χ2v) is 4.32. The van der Waals surface area contributed by atoms with Gasteiger partial charge in [0.1, 0.15) is 5.82 Å². The van der Waals surface area contributed by atoms with E-state index in [1.165, 1.54) is 12.8 Å². The molecule has 2 heterocycles. The normalized spacial score (nSPS) is 20.2. The third kappa shape index (κ3) is 3.26. The van der Waals surface area contributed by atoms with E-state index in [0.29, 0.717) is 12.6 Å². The van der Waals surface area contributed by atoms with Gasteiger partial charge < -0.3 is 10.6 Å². The van der Waals surface area contributed by atoms with Gasteiger partial charge in [0.25, 0.3) is 5.91 Å². The summed E-state index contributed by atoms with van der Waals surface area (Å²) in [6, 6.07) is 0.386. The lowest BCUT2D eigenvalue weighted by Gasteiger charge is -2.23. The smallest absolute Gasteiger partial charge is 0.291 e. The van der Waals surface area contributed by atoms with Crippen LogP contribution in [0.2, 0.25) is 0 Å². The maximum Gasteiger partial charge on any atom is 0.291 e. The van der Waals surface area contributed by atoms with Gasteiger partial charge >= 0.3 is 0 Å². The lowest BCUT2D eigenvalue weighted by Crippen LogP contribution is -2.43. The Morgan fingerprint density at radius 3 is 3.06 bits per heavy atom. The average molecular weight is 237 g/mol. The molecule has 1 amide bonds. The summed E-state index contributed by atoms with van der Waals surface area (Å²) in [5.41, 5.74) is 0. The summed E-state index contributed by atoms with van der Waals surface area (Å²) in [5.74, 6) is 0.775. The molecule has 3 N–H and O–H groups in total. The van der Waals surface area contributed by atoms with Crippen molar-refractivity contribution >= 4 is 5.91 Å². The van der Waals surface area contributed by atoms with Crippen molar-refractivity contribution in [3.8, 4) is 0 Å². The van der Waals surface area contributed by atoms with Gasteiger partial charge in [-0.15, -0.1) is 5.10 Å². The van der Waals surface area contributed by atoms with Gasteiger partial charge in [0.15, 0.2) is 0 Å². The quantitative estimate of drug-likeness (QED) is 0.700. The fraction of sp³-hybridized carbons (Fsp3) is 0.727. The van der Waals surface area contributed by atoms with E-state index in [1.54, 1.807) is 0 Å². The molecule has 1 aromatic heterocycles. The van der Waals surface area contributed by atoms with Crippen LogP contribution in [-0.4, -0.2) is 40.2 Å². The first kappa shape index (κ1) is 12.0. The van der Waals surface area contributed by atoms with Crippen molar-refractivity contribution in [1.82, 2.24) is 25.8 Å². The molecule has 6 heteroatoms. The first-order valence-electron chi connectivity index (χ1n) is 6.22. The molecule has 0 aromatic carbocycles. The minimum Gasteiger partial charge on any atom is -0.348 e. The van der Waals surface area contributed by atoms with E-state index in [9.17, 15) is 4.79 Å². The van der Waals surface area contributed by atoms with Gasteiger partial charge in [-0.2, -0.15) is 0 Å². The highest BCUT2D eigenvalue weighted by Gasteiger charge is 2.16. The largest absolute Gasteiger partial charge is 0.348 e. The highest BCUT2D eigenvalue weighted by Crippen LogP contribution is 2.05. The predicted octanol–water partition coefficient (Wildman–Crippen LogP) is 0.239. The summed E-state index contributed by atoms with van der Waals surface area (Å²) >= 11 is 0. The number of nitrogens with one attached hydrogen (secondary N) is 3. The minimum absolute atomic E-state index is 0.201. The van der Waals surface area contributed by atoms with Crippen LogP contribution in [0.25, 0.3) is 0 Å². The Hall–Kier alpha value is -1.43. The number of aromatic nitrogens is 3. The highest BCUT2D eigenvalue weighted by molar-refractivity contribution is 5.90. The molecule has 0 spiro atoms. The number of piperidine rings is 1. The Morgan fingerprint density at radius 1 is 1.53 bits per heavy atom. The number of aromatic amines is 1. The molecule has 0 bridgehead atoms. The van der Waals surface area contributed by atoms with E-state index in [4.69, 9.17) is 0 Å². The molecule has 1 saturated heterocycles. The van der Waals surface area contributed by atoms with Crippen LogP contribution in [0.3, 0.4) is 0 Å². The standard InChI is InChI=1S/C11H19N5O/c1-2-9-14-10(16-15-9)11(17)13-7-8-5-3-4-6-12-8/h8,12H,2-7H2,1H3,(H,13,17)(H,14,15,16). The van der Waals surface area contributed by atoms with Crippen molar-refractivity contribution in [2.75, 3.05) is 13.1 Å². The van der Waals surface area contributed by atoms with Crippen LogP contribution in [0.1, 0.15) is 42.6 Å². The van der Waals surface area contributed by atoms with Crippen LogP contribution in [-0.2, 0) is 6.42 Å². The fourth-order valence-corrected chi connectivity index (χ4v) is 1.95. The molecule has 1 fully saturated rings. The molecule has 2 rings (SSSR count). The summed E-state index contributed by atoms with van der Waals surface area (Å²) in [6.45, 7) is 3.66. The molecule has 94 valence electrons. The van der Waals surface area contributed by atoms with E-state index in [0.717, 1.165) is 25.2 Å². The molecule has 6 nitrogen and oxygen atoms in total. The monoisotopic (exact) mass is 237 g/mol. The minimum atomic E-state index is -0.201. The average Bonchev–Trinajstić information content (AvgIpc) is 2.86. The Kier molecular flexibility index (Phi) is 4.08. The molecular weight excluding hydrogens is 218 g/mol. The van der Waals surface area contributed by atoms with Crippen LogP contribution in [0.5, 0.6) is 0 Å². The van der Waals surface area contributed by atoms with Gasteiger partial charge in [0.05, 0.1) is 0 Å². The van der Waals surface area contributed by atoms with Crippen molar-refractivity contribution in [2.45, 2.75) is 38.6 Å². The van der Waals surface area contributed by atoms with Gasteiger partial charge in [-0.25, -0.2) is 4.98 Å². The van der Waals surface area contributed by atoms with Crippen LogP contribution >= 0.6 is 0 Å². The molecule has 17 heavy (non-hydrogen) atoms. The fourth-order valence-electron chi connectivity index (χ4n) is 1.95. The Bertz CT molecular complexity index is 370. The predicted molar refractivity (Wildman–Crippen MR) is 63.7 cm³/mol. The molecule has 1 aromatic rings. The first-order valence-corrected chi connectivity index (χ1v) is 6.22. The number of carbonyl (C=O) groups is 1. The molecule has 1 unspecified atom stereocenters. The van der Waals surface area contributed by atoms with E-state index in [-0.39, 0.29) is 11.7 Å². The van der Waals surface area contributed by atoms with Crippen LogP contribution in [0, 0.1) is 0 Å². The number of carbonyl (C=O) groups excluding carboxylic acids is 1. The third-order valence-electron chi connectivity index (χ3n) is 2.99. The number of rotatable bonds is 4. The van der Waals surface area contributed by atoms with Crippen LogP contribution in [0.4, 0.5) is 0 Å². The second kappa shape index (κ2) is 5.77.